The molecule has 0 saturated heterocycles. The van der Waals surface area contributed by atoms with E-state index in [4.69, 9.17) is 5.73 Å². The highest BCUT2D eigenvalue weighted by molar-refractivity contribution is 5.19. The summed E-state index contributed by atoms with van der Waals surface area (Å²) in [5.41, 5.74) is 5.58. The minimum absolute atomic E-state index is 0.0984. The van der Waals surface area contributed by atoms with Crippen LogP contribution in [-0.2, 0) is 0 Å². The first-order chi connectivity index (χ1) is 7.43. The van der Waals surface area contributed by atoms with Crippen LogP contribution in [0.3, 0.4) is 0 Å². The van der Waals surface area contributed by atoms with E-state index in [1.54, 1.807) is 12.2 Å². The van der Waals surface area contributed by atoms with Gasteiger partial charge in [0.15, 0.2) is 0 Å². The Hall–Kier alpha value is -1.23. The molecular weight excluding hydrogens is 211 g/mol. The Balaban J connectivity index is 3.05. The lowest BCUT2D eigenvalue weighted by Crippen LogP contribution is -2.46. The lowest BCUT2D eigenvalue weighted by Gasteiger charge is -2.31. The molecule has 0 spiro atoms. The highest BCUT2D eigenvalue weighted by Crippen LogP contribution is 2.37. The Morgan fingerprint density at radius 2 is 2.19 bits per heavy atom. The van der Waals surface area contributed by atoms with Gasteiger partial charge >= 0.3 is 5.79 Å². The third-order valence-corrected chi connectivity index (χ3v) is 3.10. The zero-order valence-electron chi connectivity index (χ0n) is 9.47. The van der Waals surface area contributed by atoms with E-state index in [9.17, 15) is 14.5 Å². The molecule has 0 fully saturated rings. The van der Waals surface area contributed by atoms with Crippen LogP contribution < -0.4 is 5.73 Å². The van der Waals surface area contributed by atoms with Gasteiger partial charge < -0.3 is 5.73 Å². The van der Waals surface area contributed by atoms with Crippen molar-refractivity contribution in [3.05, 3.63) is 34.4 Å². The zero-order chi connectivity index (χ0) is 12.3. The number of alkyl halides is 1. The van der Waals surface area contributed by atoms with Crippen LogP contribution >= 0.6 is 0 Å². The lowest BCUT2D eigenvalue weighted by molar-refractivity contribution is -0.600. The average molecular weight is 228 g/mol. The standard InChI is InChI=1S/C11H17FN2O2/c1-8(2)9(7-13)10-5-3-4-6-11(10,12)14(15)16/h3-6,8-10H,7,13H2,1-2H3. The van der Waals surface area contributed by atoms with Crippen molar-refractivity contribution in [1.82, 2.24) is 0 Å². The molecule has 0 aliphatic heterocycles. The molecule has 3 unspecified atom stereocenters. The number of allylic oxidation sites excluding steroid dienone is 2. The van der Waals surface area contributed by atoms with Gasteiger partial charge in [0.05, 0.1) is 10.8 Å². The molecule has 1 aliphatic rings. The minimum atomic E-state index is -2.52. The van der Waals surface area contributed by atoms with Crippen molar-refractivity contribution in [2.24, 2.45) is 23.5 Å². The van der Waals surface area contributed by atoms with Crippen molar-refractivity contribution in [1.29, 1.82) is 0 Å². The molecule has 0 saturated carbocycles. The first kappa shape index (κ1) is 12.8. The van der Waals surface area contributed by atoms with Crippen molar-refractivity contribution in [2.75, 3.05) is 6.54 Å². The quantitative estimate of drug-likeness (QED) is 0.454. The molecule has 2 N–H and O–H groups in total. The molecule has 90 valence electrons. The molecule has 0 bridgehead atoms. The second-order valence-corrected chi connectivity index (χ2v) is 4.40. The summed E-state index contributed by atoms with van der Waals surface area (Å²) in [5.74, 6) is -3.46. The van der Waals surface area contributed by atoms with Crippen LogP contribution in [0.4, 0.5) is 4.39 Å². The van der Waals surface area contributed by atoms with Crippen molar-refractivity contribution in [2.45, 2.75) is 19.6 Å². The normalized spacial score (nSPS) is 30.7. The van der Waals surface area contributed by atoms with Gasteiger partial charge in [0.2, 0.25) is 0 Å². The van der Waals surface area contributed by atoms with Crippen LogP contribution in [0.2, 0.25) is 0 Å². The second kappa shape index (κ2) is 4.74. The molecule has 1 rings (SSSR count). The molecule has 0 radical (unpaired) electrons. The zero-order valence-corrected chi connectivity index (χ0v) is 9.47. The highest BCUT2D eigenvalue weighted by atomic mass is 19.1. The summed E-state index contributed by atoms with van der Waals surface area (Å²) in [4.78, 5) is 9.96. The molecule has 0 aromatic carbocycles. The predicted octanol–water partition coefficient (Wildman–Crippen LogP) is 1.90. The van der Waals surface area contributed by atoms with Gasteiger partial charge in [-0.25, -0.2) is 0 Å². The van der Waals surface area contributed by atoms with E-state index in [1.807, 2.05) is 13.8 Å². The Bertz CT molecular complexity index is 328. The number of nitrogens with zero attached hydrogens (tertiary/aromatic N) is 1. The summed E-state index contributed by atoms with van der Waals surface area (Å²) in [7, 11) is 0. The SMILES string of the molecule is CC(C)C(CN)C1C=CC=CC1(F)[N+](=O)[O-]. The Kier molecular flexibility index (Phi) is 3.80. The fourth-order valence-corrected chi connectivity index (χ4v) is 2.08. The van der Waals surface area contributed by atoms with Crippen molar-refractivity contribution in [3.8, 4) is 0 Å². The molecule has 3 atom stereocenters. The van der Waals surface area contributed by atoms with Gasteiger partial charge in [-0.2, -0.15) is 4.39 Å². The summed E-state index contributed by atoms with van der Waals surface area (Å²) in [6.07, 6.45) is 5.55. The van der Waals surface area contributed by atoms with Crippen LogP contribution in [0.15, 0.2) is 24.3 Å². The van der Waals surface area contributed by atoms with Crippen LogP contribution in [0, 0.1) is 27.9 Å². The van der Waals surface area contributed by atoms with Crippen LogP contribution in [0.1, 0.15) is 13.8 Å². The summed E-state index contributed by atoms with van der Waals surface area (Å²) >= 11 is 0. The smallest absolute Gasteiger partial charge is 0.330 e. The first-order valence-corrected chi connectivity index (χ1v) is 5.33. The largest absolute Gasteiger partial charge is 0.384 e. The number of halogens is 1. The Labute approximate surface area is 94.2 Å². The van der Waals surface area contributed by atoms with E-state index in [2.05, 4.69) is 0 Å². The topological polar surface area (TPSA) is 69.2 Å². The van der Waals surface area contributed by atoms with Gasteiger partial charge in [-0.1, -0.05) is 32.1 Å². The highest BCUT2D eigenvalue weighted by Gasteiger charge is 2.52. The number of hydrogen-bond acceptors (Lipinski definition) is 3. The first-order valence-electron chi connectivity index (χ1n) is 5.33. The van der Waals surface area contributed by atoms with E-state index in [-0.39, 0.29) is 18.4 Å². The second-order valence-electron chi connectivity index (χ2n) is 4.40. The maximum absolute atomic E-state index is 14.3. The van der Waals surface area contributed by atoms with E-state index in [0.717, 1.165) is 6.08 Å². The summed E-state index contributed by atoms with van der Waals surface area (Å²) in [6, 6.07) is 0. The average Bonchev–Trinajstić information content (AvgIpc) is 2.21. The van der Waals surface area contributed by atoms with Crippen molar-refractivity contribution in [3.63, 3.8) is 0 Å². The third-order valence-electron chi connectivity index (χ3n) is 3.10. The van der Waals surface area contributed by atoms with Gasteiger partial charge in [-0.15, -0.1) is 0 Å². The number of rotatable bonds is 4. The number of hydrogen-bond donors (Lipinski definition) is 1. The molecule has 5 heteroatoms. The monoisotopic (exact) mass is 228 g/mol. The van der Waals surface area contributed by atoms with Crippen LogP contribution in [-0.4, -0.2) is 17.3 Å². The van der Waals surface area contributed by atoms with Gasteiger partial charge in [-0.05, 0) is 18.4 Å². The third kappa shape index (κ3) is 2.14. The molecule has 1 aliphatic carbocycles. The molecular formula is C11H17FN2O2. The van der Waals surface area contributed by atoms with Crippen molar-refractivity contribution >= 4 is 0 Å². The Morgan fingerprint density at radius 1 is 1.56 bits per heavy atom. The summed E-state index contributed by atoms with van der Waals surface area (Å²) in [6.45, 7) is 4.02. The minimum Gasteiger partial charge on any atom is -0.330 e. The van der Waals surface area contributed by atoms with Gasteiger partial charge in [-0.3, -0.25) is 10.1 Å². The number of nitrogens with two attached hydrogens (primary N) is 1. The number of nitro groups is 1. The summed E-state index contributed by atoms with van der Waals surface area (Å²) < 4.78 is 14.3. The van der Waals surface area contributed by atoms with E-state index in [0.29, 0.717) is 0 Å². The van der Waals surface area contributed by atoms with E-state index in [1.165, 1.54) is 6.08 Å². The van der Waals surface area contributed by atoms with Crippen LogP contribution in [0.5, 0.6) is 0 Å². The molecule has 0 heterocycles. The van der Waals surface area contributed by atoms with Crippen molar-refractivity contribution < 1.29 is 9.31 Å². The predicted molar refractivity (Wildman–Crippen MR) is 60.0 cm³/mol. The lowest BCUT2D eigenvalue weighted by atomic mass is 9.76. The van der Waals surface area contributed by atoms with Gasteiger partial charge in [0, 0.05) is 6.08 Å². The van der Waals surface area contributed by atoms with E-state index < -0.39 is 16.6 Å². The molecule has 16 heavy (non-hydrogen) atoms. The Morgan fingerprint density at radius 3 is 2.62 bits per heavy atom. The molecule has 0 aromatic heterocycles. The summed E-state index contributed by atoms with van der Waals surface area (Å²) in [5, 5.41) is 10.8. The fraction of sp³-hybridized carbons (Fsp3) is 0.636. The molecule has 4 nitrogen and oxygen atoms in total. The maximum atomic E-state index is 14.3. The van der Waals surface area contributed by atoms with Crippen LogP contribution in [0.25, 0.3) is 0 Å². The van der Waals surface area contributed by atoms with E-state index >= 15 is 0 Å². The molecule has 0 aromatic rings. The van der Waals surface area contributed by atoms with Gasteiger partial charge in [0.25, 0.3) is 0 Å². The fourth-order valence-electron chi connectivity index (χ4n) is 2.08. The maximum Gasteiger partial charge on any atom is 0.384 e. The molecule has 0 amide bonds. The van der Waals surface area contributed by atoms with Gasteiger partial charge in [0.1, 0.15) is 0 Å².